The SMILES string of the molecule is CC1(C)[C@]2(C(=O)Nc3ccc(Cc4ccc(NC(=O)[C@]56CC[C@](C)(C(=O)C5)C6(C)C)cc4)cc3)CC[C@@]1(C)C(=O)C2. The molecule has 4 atom stereocenters. The molecule has 0 saturated heterocycles. The molecule has 4 fully saturated rings. The van der Waals surface area contributed by atoms with Gasteiger partial charge in [0.2, 0.25) is 11.8 Å². The summed E-state index contributed by atoms with van der Waals surface area (Å²) in [5, 5.41) is 6.21. The van der Waals surface area contributed by atoms with Crippen molar-refractivity contribution in [1.29, 1.82) is 0 Å². The number of amides is 2. The lowest BCUT2D eigenvalue weighted by atomic mass is 9.64. The number of ketones is 2. The van der Waals surface area contributed by atoms with Gasteiger partial charge in [0.05, 0.1) is 10.8 Å². The summed E-state index contributed by atoms with van der Waals surface area (Å²) in [7, 11) is 0. The van der Waals surface area contributed by atoms with Gasteiger partial charge in [0.1, 0.15) is 11.6 Å². The summed E-state index contributed by atoms with van der Waals surface area (Å²) < 4.78 is 0. The summed E-state index contributed by atoms with van der Waals surface area (Å²) in [6.07, 6.45) is 4.41. The molecule has 4 aliphatic rings. The molecule has 0 unspecified atom stereocenters. The maximum absolute atomic E-state index is 13.5. The van der Waals surface area contributed by atoms with Gasteiger partial charge in [0, 0.05) is 35.0 Å². The maximum atomic E-state index is 13.5. The predicted octanol–water partition coefficient (Wildman–Crippen LogP) is 6.73. The van der Waals surface area contributed by atoms with Crippen molar-refractivity contribution in [3.63, 3.8) is 0 Å². The van der Waals surface area contributed by atoms with Crippen molar-refractivity contribution in [2.24, 2.45) is 32.5 Å². The van der Waals surface area contributed by atoms with Crippen LogP contribution in [0.15, 0.2) is 48.5 Å². The number of fused-ring (bicyclic) bond motifs is 4. The number of carbonyl (C=O) groups excluding carboxylic acids is 4. The molecule has 6 rings (SSSR count). The molecule has 0 aromatic heterocycles. The highest BCUT2D eigenvalue weighted by atomic mass is 16.2. The Balaban J connectivity index is 1.08. The van der Waals surface area contributed by atoms with Gasteiger partial charge in [0.15, 0.2) is 0 Å². The summed E-state index contributed by atoms with van der Waals surface area (Å²) in [4.78, 5) is 52.4. The summed E-state index contributed by atoms with van der Waals surface area (Å²) in [6.45, 7) is 12.3. The Labute approximate surface area is 243 Å². The molecule has 2 aromatic carbocycles. The van der Waals surface area contributed by atoms with Gasteiger partial charge in [0.25, 0.3) is 0 Å². The second-order valence-corrected chi connectivity index (χ2v) is 14.8. The van der Waals surface area contributed by atoms with Crippen LogP contribution in [-0.2, 0) is 25.6 Å². The van der Waals surface area contributed by atoms with Crippen LogP contribution in [0, 0.1) is 32.5 Å². The van der Waals surface area contributed by atoms with E-state index in [-0.39, 0.29) is 34.2 Å². The molecule has 2 N–H and O–H groups in total. The minimum Gasteiger partial charge on any atom is -0.326 e. The Morgan fingerprint density at radius 3 is 1.20 bits per heavy atom. The van der Waals surface area contributed by atoms with E-state index in [0.29, 0.717) is 12.8 Å². The zero-order valence-corrected chi connectivity index (χ0v) is 25.2. The van der Waals surface area contributed by atoms with Gasteiger partial charge in [-0.1, -0.05) is 65.8 Å². The van der Waals surface area contributed by atoms with Gasteiger partial charge in [-0.2, -0.15) is 0 Å². The number of benzene rings is 2. The Kier molecular flexibility index (Phi) is 5.86. The van der Waals surface area contributed by atoms with E-state index < -0.39 is 21.7 Å². The van der Waals surface area contributed by atoms with Crippen molar-refractivity contribution in [3.8, 4) is 0 Å². The number of rotatable bonds is 6. The normalized spacial score (nSPS) is 34.2. The van der Waals surface area contributed by atoms with E-state index in [2.05, 4.69) is 38.3 Å². The number of carbonyl (C=O) groups is 4. The quantitative estimate of drug-likeness (QED) is 0.414. The first kappa shape index (κ1) is 27.9. The van der Waals surface area contributed by atoms with Gasteiger partial charge < -0.3 is 10.6 Å². The molecule has 4 saturated carbocycles. The fourth-order valence-corrected chi connectivity index (χ4v) is 8.87. The van der Waals surface area contributed by atoms with Crippen LogP contribution >= 0.6 is 0 Å². The van der Waals surface area contributed by atoms with Crippen LogP contribution < -0.4 is 10.6 Å². The molecule has 41 heavy (non-hydrogen) atoms. The van der Waals surface area contributed by atoms with Gasteiger partial charge >= 0.3 is 0 Å². The van der Waals surface area contributed by atoms with Gasteiger partial charge in [-0.05, 0) is 78.3 Å². The summed E-state index contributed by atoms with van der Waals surface area (Å²) in [5.74, 6) is 0.330. The van der Waals surface area contributed by atoms with Crippen LogP contribution in [0.4, 0.5) is 11.4 Å². The van der Waals surface area contributed by atoms with E-state index in [4.69, 9.17) is 0 Å². The third-order valence-corrected chi connectivity index (χ3v) is 13.1. The monoisotopic (exact) mass is 554 g/mol. The van der Waals surface area contributed by atoms with Crippen LogP contribution in [-0.4, -0.2) is 23.4 Å². The van der Waals surface area contributed by atoms with Crippen molar-refractivity contribution < 1.29 is 19.2 Å². The number of hydrogen-bond acceptors (Lipinski definition) is 4. The van der Waals surface area contributed by atoms with E-state index in [1.54, 1.807) is 0 Å². The third-order valence-electron chi connectivity index (χ3n) is 13.1. The highest BCUT2D eigenvalue weighted by molar-refractivity contribution is 6.05. The molecule has 2 amide bonds. The van der Waals surface area contributed by atoms with E-state index in [0.717, 1.165) is 54.6 Å². The van der Waals surface area contributed by atoms with Crippen LogP contribution in [0.25, 0.3) is 0 Å². The van der Waals surface area contributed by atoms with Gasteiger partial charge in [-0.3, -0.25) is 19.2 Å². The first-order valence-electron chi connectivity index (χ1n) is 15.0. The first-order chi connectivity index (χ1) is 19.1. The molecular formula is C35H42N2O4. The Bertz CT molecular complexity index is 1360. The molecular weight excluding hydrogens is 512 g/mol. The highest BCUT2D eigenvalue weighted by Crippen LogP contribution is 2.71. The molecule has 4 bridgehead atoms. The second-order valence-electron chi connectivity index (χ2n) is 14.8. The third kappa shape index (κ3) is 3.48. The van der Waals surface area contributed by atoms with E-state index in [9.17, 15) is 19.2 Å². The minimum absolute atomic E-state index is 0.0467. The Hall–Kier alpha value is -3.28. The summed E-state index contributed by atoms with van der Waals surface area (Å²) >= 11 is 0. The van der Waals surface area contributed by atoms with Crippen molar-refractivity contribution >= 4 is 34.8 Å². The Morgan fingerprint density at radius 1 is 0.585 bits per heavy atom. The first-order valence-corrected chi connectivity index (χ1v) is 15.0. The smallest absolute Gasteiger partial charge is 0.231 e. The Morgan fingerprint density at radius 2 is 0.927 bits per heavy atom. The fraction of sp³-hybridized carbons (Fsp3) is 0.543. The molecule has 0 heterocycles. The topological polar surface area (TPSA) is 92.3 Å². The fourth-order valence-electron chi connectivity index (χ4n) is 8.87. The zero-order chi connectivity index (χ0) is 29.6. The average molecular weight is 555 g/mol. The number of anilines is 2. The standard InChI is InChI=1S/C35H42N2O4/c1-30(2)32(5)15-17-34(30,20-26(32)38)28(40)36-24-11-7-22(8-12-24)19-23-9-13-25(14-10-23)37-29(41)35-18-16-33(6,27(39)21-35)31(35,3)4/h7-14H,15-21H2,1-6H3,(H,36,40)(H,37,41)/t32-,33+,34+,35-. The van der Waals surface area contributed by atoms with Crippen LogP contribution in [0.3, 0.4) is 0 Å². The molecule has 4 aliphatic carbocycles. The van der Waals surface area contributed by atoms with Crippen molar-refractivity contribution in [2.75, 3.05) is 10.6 Å². The van der Waals surface area contributed by atoms with E-state index in [1.807, 2.05) is 62.4 Å². The number of nitrogens with one attached hydrogen (secondary N) is 2. The summed E-state index contributed by atoms with van der Waals surface area (Å²) in [5.41, 5.74) is 0.840. The summed E-state index contributed by atoms with van der Waals surface area (Å²) in [6, 6.07) is 15.8. The lowest BCUT2D eigenvalue weighted by molar-refractivity contribution is -0.131. The van der Waals surface area contributed by atoms with Crippen molar-refractivity contribution in [1.82, 2.24) is 0 Å². The van der Waals surface area contributed by atoms with Crippen LogP contribution in [0.5, 0.6) is 0 Å². The second kappa shape index (κ2) is 8.62. The van der Waals surface area contributed by atoms with Gasteiger partial charge in [-0.15, -0.1) is 0 Å². The lowest BCUT2D eigenvalue weighted by Gasteiger charge is -2.38. The molecule has 6 heteroatoms. The average Bonchev–Trinajstić information content (AvgIpc) is 3.39. The largest absolute Gasteiger partial charge is 0.326 e. The van der Waals surface area contributed by atoms with Crippen LogP contribution in [0.1, 0.15) is 91.2 Å². The van der Waals surface area contributed by atoms with E-state index >= 15 is 0 Å². The predicted molar refractivity (Wildman–Crippen MR) is 159 cm³/mol. The molecule has 2 aromatic rings. The molecule has 216 valence electrons. The molecule has 0 radical (unpaired) electrons. The molecule has 0 spiro atoms. The zero-order valence-electron chi connectivity index (χ0n) is 25.2. The highest BCUT2D eigenvalue weighted by Gasteiger charge is 2.73. The van der Waals surface area contributed by atoms with Crippen molar-refractivity contribution in [2.45, 2.75) is 86.5 Å². The number of hydrogen-bond donors (Lipinski definition) is 2. The van der Waals surface area contributed by atoms with E-state index in [1.165, 1.54) is 0 Å². The maximum Gasteiger partial charge on any atom is 0.231 e. The molecule has 0 aliphatic heterocycles. The lowest BCUT2D eigenvalue weighted by Crippen LogP contribution is -2.43. The molecule has 6 nitrogen and oxygen atoms in total. The number of Topliss-reactive ketones (excluding diaryl/α,β-unsaturated/α-hetero) is 2. The van der Waals surface area contributed by atoms with Crippen molar-refractivity contribution in [3.05, 3.63) is 59.7 Å². The minimum atomic E-state index is -0.644. The van der Waals surface area contributed by atoms with Gasteiger partial charge in [-0.25, -0.2) is 0 Å². The van der Waals surface area contributed by atoms with Crippen LogP contribution in [0.2, 0.25) is 0 Å².